The molecule has 2 aromatic carbocycles. The Kier molecular flexibility index (Phi) is 6.65. The van der Waals surface area contributed by atoms with E-state index < -0.39 is 0 Å². The van der Waals surface area contributed by atoms with Crippen molar-refractivity contribution in [2.75, 3.05) is 24.7 Å². The monoisotopic (exact) mass is 356 g/mol. The first-order valence-electron chi connectivity index (χ1n) is 8.17. The molecule has 0 saturated heterocycles. The Balaban J connectivity index is 1.88. The number of nitrogens with zero attached hydrogens (tertiary/aromatic N) is 1. The summed E-state index contributed by atoms with van der Waals surface area (Å²) in [4.78, 5) is 27.1. The molecule has 5 heteroatoms. The Morgan fingerprint density at radius 2 is 1.56 bits per heavy atom. The second-order valence-corrected chi connectivity index (χ2v) is 7.14. The van der Waals surface area contributed by atoms with Crippen LogP contribution in [0.5, 0.6) is 0 Å². The number of nitrogens with one attached hydrogen (secondary N) is 1. The van der Waals surface area contributed by atoms with Crippen molar-refractivity contribution in [2.45, 2.75) is 25.7 Å². The van der Waals surface area contributed by atoms with E-state index in [1.165, 1.54) is 16.7 Å². The quantitative estimate of drug-likeness (QED) is 0.801. The van der Waals surface area contributed by atoms with E-state index in [9.17, 15) is 9.59 Å². The van der Waals surface area contributed by atoms with Crippen molar-refractivity contribution in [3.8, 4) is 0 Å². The number of amides is 2. The van der Waals surface area contributed by atoms with Gasteiger partial charge in [-0.25, -0.2) is 0 Å². The maximum atomic E-state index is 12.3. The standard InChI is InChI=1S/C20H24N2O2S/c1-14-8-5-6-11-17(14)25-13-19(24)22(4)12-18(23)21-20-15(2)9-7-10-16(20)3/h5-11H,12-13H2,1-4H3,(H,21,23). The summed E-state index contributed by atoms with van der Waals surface area (Å²) in [5.41, 5.74) is 3.99. The number of anilines is 1. The normalized spacial score (nSPS) is 10.4. The molecule has 0 atom stereocenters. The Bertz CT molecular complexity index is 754. The summed E-state index contributed by atoms with van der Waals surface area (Å²) in [5, 5.41) is 2.91. The average molecular weight is 356 g/mol. The van der Waals surface area contributed by atoms with Crippen molar-refractivity contribution in [3.63, 3.8) is 0 Å². The van der Waals surface area contributed by atoms with Crippen molar-refractivity contribution in [1.29, 1.82) is 0 Å². The van der Waals surface area contributed by atoms with Gasteiger partial charge in [-0.2, -0.15) is 0 Å². The Morgan fingerprint density at radius 1 is 0.960 bits per heavy atom. The van der Waals surface area contributed by atoms with Crippen molar-refractivity contribution in [2.24, 2.45) is 0 Å². The van der Waals surface area contributed by atoms with E-state index in [1.807, 2.05) is 63.2 Å². The maximum Gasteiger partial charge on any atom is 0.243 e. The number of benzene rings is 2. The lowest BCUT2D eigenvalue weighted by Gasteiger charge is -2.18. The van der Waals surface area contributed by atoms with E-state index in [2.05, 4.69) is 5.32 Å². The van der Waals surface area contributed by atoms with Gasteiger partial charge in [-0.1, -0.05) is 36.4 Å². The SMILES string of the molecule is Cc1ccccc1SCC(=O)N(C)CC(=O)Nc1c(C)cccc1C. The van der Waals surface area contributed by atoms with E-state index in [1.54, 1.807) is 7.05 Å². The second kappa shape index (κ2) is 8.72. The molecule has 0 aliphatic rings. The molecule has 0 fully saturated rings. The minimum Gasteiger partial charge on any atom is -0.336 e. The molecule has 0 spiro atoms. The molecule has 0 aromatic heterocycles. The molecule has 0 bridgehead atoms. The molecule has 0 aliphatic heterocycles. The van der Waals surface area contributed by atoms with Crippen LogP contribution in [0.2, 0.25) is 0 Å². The number of rotatable bonds is 6. The molecule has 0 saturated carbocycles. The molecule has 2 rings (SSSR count). The third-order valence-electron chi connectivity index (χ3n) is 4.00. The maximum absolute atomic E-state index is 12.3. The largest absolute Gasteiger partial charge is 0.336 e. The number of hydrogen-bond donors (Lipinski definition) is 1. The van der Waals surface area contributed by atoms with Crippen molar-refractivity contribution in [1.82, 2.24) is 4.90 Å². The zero-order chi connectivity index (χ0) is 18.4. The summed E-state index contributed by atoms with van der Waals surface area (Å²) in [5.74, 6) is 0.0666. The van der Waals surface area contributed by atoms with Crippen LogP contribution >= 0.6 is 11.8 Å². The number of carbonyl (C=O) groups is 2. The minimum atomic E-state index is -0.186. The van der Waals surface area contributed by atoms with Crippen molar-refractivity contribution < 1.29 is 9.59 Å². The Hall–Kier alpha value is -2.27. The van der Waals surface area contributed by atoms with Crippen LogP contribution in [0.25, 0.3) is 0 Å². The summed E-state index contributed by atoms with van der Waals surface area (Å²) in [6, 6.07) is 13.8. The first-order valence-corrected chi connectivity index (χ1v) is 9.15. The summed E-state index contributed by atoms with van der Waals surface area (Å²) in [6.45, 7) is 5.97. The summed E-state index contributed by atoms with van der Waals surface area (Å²) >= 11 is 1.50. The van der Waals surface area contributed by atoms with Crippen LogP contribution in [-0.2, 0) is 9.59 Å². The number of likely N-dealkylation sites (N-methyl/N-ethyl adjacent to an activating group) is 1. The molecular weight excluding hydrogens is 332 g/mol. The molecule has 0 heterocycles. The van der Waals surface area contributed by atoms with E-state index in [0.717, 1.165) is 27.3 Å². The third kappa shape index (κ3) is 5.36. The first-order chi connectivity index (χ1) is 11.9. The summed E-state index contributed by atoms with van der Waals surface area (Å²) < 4.78 is 0. The van der Waals surface area contributed by atoms with Gasteiger partial charge in [0.2, 0.25) is 11.8 Å². The molecule has 25 heavy (non-hydrogen) atoms. The van der Waals surface area contributed by atoms with Crippen LogP contribution in [0, 0.1) is 20.8 Å². The fourth-order valence-corrected chi connectivity index (χ4v) is 3.43. The molecule has 0 aliphatic carbocycles. The van der Waals surface area contributed by atoms with Crippen LogP contribution in [0.3, 0.4) is 0 Å². The predicted octanol–water partition coefficient (Wildman–Crippen LogP) is 3.80. The van der Waals surface area contributed by atoms with Gasteiger partial charge in [-0.15, -0.1) is 11.8 Å². The van der Waals surface area contributed by atoms with Crippen LogP contribution in [0.1, 0.15) is 16.7 Å². The zero-order valence-electron chi connectivity index (χ0n) is 15.1. The van der Waals surface area contributed by atoms with Gasteiger partial charge in [0.25, 0.3) is 0 Å². The van der Waals surface area contributed by atoms with Gasteiger partial charge >= 0.3 is 0 Å². The Morgan fingerprint density at radius 3 is 2.20 bits per heavy atom. The number of para-hydroxylation sites is 1. The second-order valence-electron chi connectivity index (χ2n) is 6.12. The van der Waals surface area contributed by atoms with Gasteiger partial charge in [0.05, 0.1) is 12.3 Å². The van der Waals surface area contributed by atoms with Gasteiger partial charge in [0.15, 0.2) is 0 Å². The fourth-order valence-electron chi connectivity index (χ4n) is 2.46. The molecule has 4 nitrogen and oxygen atoms in total. The molecule has 0 unspecified atom stereocenters. The summed E-state index contributed by atoms with van der Waals surface area (Å²) in [7, 11) is 1.66. The first kappa shape index (κ1) is 19.1. The number of thioether (sulfide) groups is 1. The van der Waals surface area contributed by atoms with Crippen molar-refractivity contribution in [3.05, 3.63) is 59.2 Å². The Labute approximate surface area is 153 Å². The van der Waals surface area contributed by atoms with Crippen LogP contribution < -0.4 is 5.32 Å². The average Bonchev–Trinajstić information content (AvgIpc) is 2.57. The van der Waals surface area contributed by atoms with E-state index in [-0.39, 0.29) is 18.4 Å². The molecule has 132 valence electrons. The molecule has 1 N–H and O–H groups in total. The number of hydrogen-bond acceptors (Lipinski definition) is 3. The highest BCUT2D eigenvalue weighted by atomic mass is 32.2. The van der Waals surface area contributed by atoms with Gasteiger partial charge in [-0.3, -0.25) is 9.59 Å². The molecule has 2 aromatic rings. The van der Waals surface area contributed by atoms with Crippen molar-refractivity contribution >= 4 is 29.3 Å². The zero-order valence-corrected chi connectivity index (χ0v) is 15.9. The van der Waals surface area contributed by atoms with E-state index in [0.29, 0.717) is 5.75 Å². The molecule has 2 amide bonds. The van der Waals surface area contributed by atoms with Gasteiger partial charge in [-0.05, 0) is 43.5 Å². The van der Waals surface area contributed by atoms with Gasteiger partial charge in [0.1, 0.15) is 0 Å². The van der Waals surface area contributed by atoms with Crippen LogP contribution in [0.15, 0.2) is 47.4 Å². The summed E-state index contributed by atoms with van der Waals surface area (Å²) in [6.07, 6.45) is 0. The van der Waals surface area contributed by atoms with Crippen LogP contribution in [0.4, 0.5) is 5.69 Å². The highest BCUT2D eigenvalue weighted by Gasteiger charge is 2.15. The number of carbonyl (C=O) groups excluding carboxylic acids is 2. The topological polar surface area (TPSA) is 49.4 Å². The predicted molar refractivity (Wildman–Crippen MR) is 104 cm³/mol. The lowest BCUT2D eigenvalue weighted by molar-refractivity contribution is -0.131. The van der Waals surface area contributed by atoms with Gasteiger partial charge < -0.3 is 10.2 Å². The van der Waals surface area contributed by atoms with E-state index in [4.69, 9.17) is 0 Å². The van der Waals surface area contributed by atoms with Gasteiger partial charge in [0, 0.05) is 17.6 Å². The lowest BCUT2D eigenvalue weighted by Crippen LogP contribution is -2.36. The third-order valence-corrected chi connectivity index (χ3v) is 5.16. The van der Waals surface area contributed by atoms with Crippen LogP contribution in [-0.4, -0.2) is 36.1 Å². The molecule has 0 radical (unpaired) electrons. The smallest absolute Gasteiger partial charge is 0.243 e. The molecular formula is C20H24N2O2S. The number of aryl methyl sites for hydroxylation is 3. The minimum absolute atomic E-state index is 0.0426. The fraction of sp³-hybridized carbons (Fsp3) is 0.300. The van der Waals surface area contributed by atoms with E-state index >= 15 is 0 Å². The highest BCUT2D eigenvalue weighted by Crippen LogP contribution is 2.22. The highest BCUT2D eigenvalue weighted by molar-refractivity contribution is 8.00. The lowest BCUT2D eigenvalue weighted by atomic mass is 10.1.